The van der Waals surface area contributed by atoms with E-state index in [0.717, 1.165) is 12.8 Å². The minimum atomic E-state index is -3.52. The van der Waals surface area contributed by atoms with Crippen molar-refractivity contribution in [1.82, 2.24) is 5.16 Å². The first-order valence-electron chi connectivity index (χ1n) is 4.18. The van der Waals surface area contributed by atoms with Gasteiger partial charge in [-0.1, -0.05) is 19.0 Å². The van der Waals surface area contributed by atoms with Crippen LogP contribution in [-0.2, 0) is 20.1 Å². The molecular weight excluding hydrogens is 206 g/mol. The number of aromatic nitrogens is 1. The van der Waals surface area contributed by atoms with E-state index in [1.165, 1.54) is 0 Å². The summed E-state index contributed by atoms with van der Waals surface area (Å²) in [4.78, 5) is 0. The van der Waals surface area contributed by atoms with Crippen LogP contribution in [-0.4, -0.2) is 20.7 Å². The fourth-order valence-corrected chi connectivity index (χ4v) is 1.50. The van der Waals surface area contributed by atoms with Gasteiger partial charge in [-0.05, 0) is 5.92 Å². The molecule has 0 bridgehead atoms. The van der Waals surface area contributed by atoms with E-state index in [1.807, 2.05) is 13.8 Å². The molecule has 0 unspecified atom stereocenters. The van der Waals surface area contributed by atoms with Gasteiger partial charge in [0.1, 0.15) is 5.75 Å². The summed E-state index contributed by atoms with van der Waals surface area (Å²) in [5.41, 5.74) is 0.742. The van der Waals surface area contributed by atoms with E-state index in [9.17, 15) is 8.42 Å². The molecule has 0 aliphatic heterocycles. The average molecular weight is 219 g/mol. The number of hydrogen-bond acceptors (Lipinski definition) is 5. The number of nitrogens with zero attached hydrogens (tertiary/aromatic N) is 1. The van der Waals surface area contributed by atoms with Gasteiger partial charge in [0.05, 0.1) is 12.8 Å². The second kappa shape index (κ2) is 4.10. The zero-order valence-corrected chi connectivity index (χ0v) is 9.17. The maximum atomic E-state index is 11.0. The Bertz CT molecular complexity index is 393. The zero-order chi connectivity index (χ0) is 10.8. The third kappa shape index (κ3) is 2.81. The third-order valence-electron chi connectivity index (χ3n) is 1.74. The van der Waals surface area contributed by atoms with Crippen molar-refractivity contribution in [2.45, 2.75) is 25.5 Å². The van der Waals surface area contributed by atoms with Gasteiger partial charge in [0.25, 0.3) is 10.1 Å². The van der Waals surface area contributed by atoms with Crippen LogP contribution in [0.1, 0.15) is 31.2 Å². The van der Waals surface area contributed by atoms with Gasteiger partial charge in [0, 0.05) is 6.07 Å². The molecule has 1 rings (SSSR count). The summed E-state index contributed by atoms with van der Waals surface area (Å²) in [6, 6.07) is 1.63. The van der Waals surface area contributed by atoms with E-state index < -0.39 is 10.1 Å². The van der Waals surface area contributed by atoms with Crippen molar-refractivity contribution in [3.05, 3.63) is 17.5 Å². The molecule has 6 heteroatoms. The van der Waals surface area contributed by atoms with Crippen LogP contribution in [0.3, 0.4) is 0 Å². The van der Waals surface area contributed by atoms with Crippen LogP contribution in [0.2, 0.25) is 0 Å². The van der Waals surface area contributed by atoms with E-state index in [1.54, 1.807) is 6.07 Å². The SMILES string of the molecule is COS(=O)(=O)Cc1cc(C(C)C)no1. The normalized spacial score (nSPS) is 12.3. The van der Waals surface area contributed by atoms with Gasteiger partial charge in [-0.25, -0.2) is 0 Å². The van der Waals surface area contributed by atoms with Crippen molar-refractivity contribution < 1.29 is 17.1 Å². The Balaban J connectivity index is 2.79. The van der Waals surface area contributed by atoms with Crippen LogP contribution in [0.5, 0.6) is 0 Å². The quantitative estimate of drug-likeness (QED) is 0.713. The van der Waals surface area contributed by atoms with Crippen molar-refractivity contribution >= 4 is 10.1 Å². The monoisotopic (exact) mass is 219 g/mol. The molecule has 0 aliphatic carbocycles. The van der Waals surface area contributed by atoms with E-state index >= 15 is 0 Å². The summed E-state index contributed by atoms with van der Waals surface area (Å²) in [7, 11) is -2.40. The fraction of sp³-hybridized carbons (Fsp3) is 0.625. The molecule has 0 spiro atoms. The molecule has 0 fully saturated rings. The van der Waals surface area contributed by atoms with Crippen molar-refractivity contribution in [3.63, 3.8) is 0 Å². The number of rotatable bonds is 4. The molecule has 0 aromatic carbocycles. The summed E-state index contributed by atoms with van der Waals surface area (Å²) >= 11 is 0. The lowest BCUT2D eigenvalue weighted by atomic mass is 10.1. The standard InChI is InChI=1S/C8H13NO4S/c1-6(2)8-4-7(13-9-8)5-14(10,11)12-3/h4,6H,5H2,1-3H3. The van der Waals surface area contributed by atoms with Crippen LogP contribution in [0.25, 0.3) is 0 Å². The molecule has 0 N–H and O–H groups in total. The third-order valence-corrected chi connectivity index (χ3v) is 2.89. The Morgan fingerprint density at radius 2 is 2.21 bits per heavy atom. The molecule has 0 saturated carbocycles. The predicted octanol–water partition coefficient (Wildman–Crippen LogP) is 1.27. The van der Waals surface area contributed by atoms with Crippen LogP contribution in [0.4, 0.5) is 0 Å². The molecule has 0 saturated heterocycles. The molecule has 14 heavy (non-hydrogen) atoms. The first kappa shape index (κ1) is 11.2. The molecule has 0 atom stereocenters. The molecule has 1 aromatic rings. The Kier molecular flexibility index (Phi) is 3.28. The van der Waals surface area contributed by atoms with Crippen molar-refractivity contribution in [2.75, 3.05) is 7.11 Å². The predicted molar refractivity (Wildman–Crippen MR) is 50.2 cm³/mol. The lowest BCUT2D eigenvalue weighted by Gasteiger charge is -1.95. The summed E-state index contributed by atoms with van der Waals surface area (Å²) in [5, 5.41) is 3.74. The van der Waals surface area contributed by atoms with Gasteiger partial charge < -0.3 is 4.52 Å². The highest BCUT2D eigenvalue weighted by atomic mass is 32.2. The van der Waals surface area contributed by atoms with Crippen LogP contribution in [0.15, 0.2) is 10.6 Å². The van der Waals surface area contributed by atoms with E-state index in [2.05, 4.69) is 9.34 Å². The molecule has 0 amide bonds. The van der Waals surface area contributed by atoms with Crippen LogP contribution in [0, 0.1) is 0 Å². The molecule has 80 valence electrons. The smallest absolute Gasteiger partial charge is 0.274 e. The lowest BCUT2D eigenvalue weighted by Crippen LogP contribution is -2.04. The molecule has 1 heterocycles. The molecule has 1 aromatic heterocycles. The van der Waals surface area contributed by atoms with Gasteiger partial charge in [0.2, 0.25) is 0 Å². The maximum absolute atomic E-state index is 11.0. The Hall–Kier alpha value is -0.880. The second-order valence-corrected chi connectivity index (χ2v) is 4.98. The summed E-state index contributed by atoms with van der Waals surface area (Å²) in [6.07, 6.45) is 0. The van der Waals surface area contributed by atoms with E-state index in [-0.39, 0.29) is 11.7 Å². The maximum Gasteiger partial charge on any atom is 0.274 e. The van der Waals surface area contributed by atoms with Crippen LogP contribution < -0.4 is 0 Å². The average Bonchev–Trinajstić information content (AvgIpc) is 2.52. The second-order valence-electron chi connectivity index (χ2n) is 3.24. The summed E-state index contributed by atoms with van der Waals surface area (Å²) in [5.74, 6) is 0.247. The van der Waals surface area contributed by atoms with Gasteiger partial charge in [-0.2, -0.15) is 8.42 Å². The van der Waals surface area contributed by atoms with E-state index in [4.69, 9.17) is 4.52 Å². The van der Waals surface area contributed by atoms with Gasteiger partial charge in [-0.15, -0.1) is 0 Å². The first-order valence-corrected chi connectivity index (χ1v) is 5.76. The topological polar surface area (TPSA) is 69.4 Å². The van der Waals surface area contributed by atoms with Crippen molar-refractivity contribution in [2.24, 2.45) is 0 Å². The molecule has 0 radical (unpaired) electrons. The highest BCUT2D eigenvalue weighted by molar-refractivity contribution is 7.85. The Morgan fingerprint density at radius 1 is 1.57 bits per heavy atom. The Labute approximate surface area is 83.2 Å². The minimum Gasteiger partial charge on any atom is -0.360 e. The Morgan fingerprint density at radius 3 is 2.64 bits per heavy atom. The molecular formula is C8H13NO4S. The largest absolute Gasteiger partial charge is 0.360 e. The van der Waals surface area contributed by atoms with Gasteiger partial charge >= 0.3 is 0 Å². The summed E-state index contributed by atoms with van der Waals surface area (Å²) in [6.45, 7) is 3.90. The fourth-order valence-electron chi connectivity index (χ4n) is 0.902. The lowest BCUT2D eigenvalue weighted by molar-refractivity contribution is 0.366. The van der Waals surface area contributed by atoms with Gasteiger partial charge in [-0.3, -0.25) is 4.18 Å². The van der Waals surface area contributed by atoms with Gasteiger partial charge in [0.15, 0.2) is 5.76 Å². The van der Waals surface area contributed by atoms with E-state index in [0.29, 0.717) is 5.76 Å². The zero-order valence-electron chi connectivity index (χ0n) is 8.35. The molecule has 5 nitrogen and oxygen atoms in total. The number of hydrogen-bond donors (Lipinski definition) is 0. The summed E-state index contributed by atoms with van der Waals surface area (Å²) < 4.78 is 31.2. The highest BCUT2D eigenvalue weighted by Gasteiger charge is 2.15. The van der Waals surface area contributed by atoms with Crippen molar-refractivity contribution in [3.8, 4) is 0 Å². The molecule has 0 aliphatic rings. The highest BCUT2D eigenvalue weighted by Crippen LogP contribution is 2.15. The first-order chi connectivity index (χ1) is 6.44. The van der Waals surface area contributed by atoms with Crippen LogP contribution >= 0.6 is 0 Å². The minimum absolute atomic E-state index is 0.220. The van der Waals surface area contributed by atoms with Crippen molar-refractivity contribution in [1.29, 1.82) is 0 Å².